The largest absolute Gasteiger partial charge is 0.499 e. The Kier molecular flexibility index (Phi) is 2.81. The fraction of sp³-hybridized carbons (Fsp3) is 0.222. The minimum Gasteiger partial charge on any atom is -0.499 e. The van der Waals surface area contributed by atoms with Gasteiger partial charge in [0.2, 0.25) is 0 Å². The Labute approximate surface area is 66.8 Å². The molecule has 1 aromatic carbocycles. The van der Waals surface area contributed by atoms with Crippen LogP contribution in [0.3, 0.4) is 0 Å². The summed E-state index contributed by atoms with van der Waals surface area (Å²) in [7, 11) is 3.28. The van der Waals surface area contributed by atoms with E-state index in [1.54, 1.807) is 20.8 Å². The summed E-state index contributed by atoms with van der Waals surface area (Å²) in [6, 6.07) is 7.65. The zero-order chi connectivity index (χ0) is 8.10. The molecule has 0 fully saturated rings. The Morgan fingerprint density at radius 2 is 1.73 bits per heavy atom. The van der Waals surface area contributed by atoms with Crippen molar-refractivity contribution in [2.24, 2.45) is 0 Å². The lowest BCUT2D eigenvalue weighted by Crippen LogP contribution is -1.85. The van der Waals surface area contributed by atoms with E-state index in [4.69, 9.17) is 9.47 Å². The molecule has 0 radical (unpaired) electrons. The first kappa shape index (κ1) is 7.95. The molecule has 0 spiro atoms. The van der Waals surface area contributed by atoms with Crippen molar-refractivity contribution in [1.29, 1.82) is 0 Å². The van der Waals surface area contributed by atoms with Gasteiger partial charge in [-0.15, -0.1) is 0 Å². The van der Waals surface area contributed by atoms with E-state index in [0.29, 0.717) is 0 Å². The van der Waals surface area contributed by atoms with Gasteiger partial charge in [0.15, 0.2) is 0 Å². The Hall–Kier alpha value is -1.15. The van der Waals surface area contributed by atoms with Crippen molar-refractivity contribution in [3.8, 4) is 5.75 Å². The minimum absolute atomic E-state index is 0.859. The van der Waals surface area contributed by atoms with Crippen LogP contribution in [-0.2, 0) is 4.74 Å². The van der Waals surface area contributed by atoms with Gasteiger partial charge in [0, 0.05) is 7.11 Å². The minimum atomic E-state index is 0.859. The summed E-state index contributed by atoms with van der Waals surface area (Å²) in [5.41, 5.74) is 1.04. The van der Waals surface area contributed by atoms with Crippen molar-refractivity contribution >= 4 is 0 Å². The molecule has 11 heavy (non-hydrogen) atoms. The molecule has 0 aliphatic rings. The zero-order valence-corrected chi connectivity index (χ0v) is 6.70. The smallest absolute Gasteiger partial charge is 0.0943 e. The van der Waals surface area contributed by atoms with Crippen LogP contribution in [0.2, 0.25) is 0 Å². The van der Waals surface area contributed by atoms with Crippen molar-refractivity contribution in [3.05, 3.63) is 36.4 Å². The highest BCUT2D eigenvalue weighted by Crippen LogP contribution is 2.12. The molecule has 0 unspecified atom stereocenters. The molecule has 0 saturated carbocycles. The molecule has 0 bridgehead atoms. The van der Waals surface area contributed by atoms with Crippen molar-refractivity contribution in [3.63, 3.8) is 0 Å². The van der Waals surface area contributed by atoms with Crippen LogP contribution in [0, 0.1) is 6.61 Å². The fourth-order valence-corrected chi connectivity index (χ4v) is 0.819. The first-order chi connectivity index (χ1) is 5.36. The Balaban J connectivity index is 2.66. The van der Waals surface area contributed by atoms with Crippen molar-refractivity contribution in [2.75, 3.05) is 14.2 Å². The molecule has 2 nitrogen and oxygen atoms in total. The van der Waals surface area contributed by atoms with E-state index in [2.05, 4.69) is 0 Å². The number of benzene rings is 1. The topological polar surface area (TPSA) is 18.5 Å². The van der Waals surface area contributed by atoms with Gasteiger partial charge in [-0.3, -0.25) is 0 Å². The lowest BCUT2D eigenvalue weighted by atomic mass is 10.2. The van der Waals surface area contributed by atoms with Gasteiger partial charge in [0.05, 0.1) is 12.9 Å². The Bertz CT molecular complexity index is 203. The number of methoxy groups -OCH3 is 2. The quantitative estimate of drug-likeness (QED) is 0.614. The molecular weight excluding hydrogens is 140 g/mol. The predicted molar refractivity (Wildman–Crippen MR) is 43.4 cm³/mol. The molecule has 1 rings (SSSR count). The van der Waals surface area contributed by atoms with Gasteiger partial charge < -0.3 is 9.47 Å². The summed E-state index contributed by atoms with van der Waals surface area (Å²) < 4.78 is 9.83. The van der Waals surface area contributed by atoms with Gasteiger partial charge in [-0.05, 0) is 0 Å². The van der Waals surface area contributed by atoms with Crippen LogP contribution in [0.5, 0.6) is 5.75 Å². The molecule has 0 N–H and O–H groups in total. The summed E-state index contributed by atoms with van der Waals surface area (Å²) in [5.74, 6) is 0.859. The summed E-state index contributed by atoms with van der Waals surface area (Å²) in [5, 5.41) is 0. The van der Waals surface area contributed by atoms with Gasteiger partial charge in [0.25, 0.3) is 0 Å². The average Bonchev–Trinajstić information content (AvgIpc) is 2.07. The third kappa shape index (κ3) is 2.16. The number of hydrogen-bond donors (Lipinski definition) is 0. The highest BCUT2D eigenvalue weighted by atomic mass is 16.5. The number of rotatable bonds is 3. The lowest BCUT2D eigenvalue weighted by molar-refractivity contribution is 0.292. The summed E-state index contributed by atoms with van der Waals surface area (Å²) in [4.78, 5) is 0. The standard InChI is InChI=1S/C9H11O2/c1-10-7-8-3-5-9(11-2)6-4-8/h3-7H,1-2H3/q-1. The van der Waals surface area contributed by atoms with E-state index >= 15 is 0 Å². The van der Waals surface area contributed by atoms with Crippen molar-refractivity contribution < 1.29 is 9.47 Å². The molecule has 0 aliphatic carbocycles. The molecule has 0 saturated heterocycles. The van der Waals surface area contributed by atoms with E-state index in [1.807, 2.05) is 24.3 Å². The second-order valence-corrected chi connectivity index (χ2v) is 2.13. The molecule has 0 aliphatic heterocycles. The van der Waals surface area contributed by atoms with Crippen molar-refractivity contribution in [1.82, 2.24) is 0 Å². The van der Waals surface area contributed by atoms with E-state index in [9.17, 15) is 0 Å². The van der Waals surface area contributed by atoms with Crippen molar-refractivity contribution in [2.45, 2.75) is 0 Å². The first-order valence-electron chi connectivity index (χ1n) is 3.37. The third-order valence-electron chi connectivity index (χ3n) is 1.37. The first-order valence-corrected chi connectivity index (χ1v) is 3.37. The van der Waals surface area contributed by atoms with E-state index in [1.165, 1.54) is 0 Å². The normalized spacial score (nSPS) is 9.27. The molecule has 60 valence electrons. The maximum absolute atomic E-state index is 4.99. The van der Waals surface area contributed by atoms with Gasteiger partial charge in [0.1, 0.15) is 0 Å². The maximum atomic E-state index is 4.99. The lowest BCUT2D eigenvalue weighted by Gasteiger charge is -2.08. The molecule has 0 amide bonds. The van der Waals surface area contributed by atoms with Gasteiger partial charge >= 0.3 is 0 Å². The summed E-state index contributed by atoms with van der Waals surface area (Å²) in [6.45, 7) is 1.68. The Morgan fingerprint density at radius 3 is 2.18 bits per heavy atom. The molecule has 0 atom stereocenters. The van der Waals surface area contributed by atoms with Crippen LogP contribution in [0.1, 0.15) is 5.56 Å². The van der Waals surface area contributed by atoms with E-state index in [-0.39, 0.29) is 0 Å². The monoisotopic (exact) mass is 151 g/mol. The maximum Gasteiger partial charge on any atom is 0.0943 e. The van der Waals surface area contributed by atoms with Crippen LogP contribution in [0.25, 0.3) is 0 Å². The predicted octanol–water partition coefficient (Wildman–Crippen LogP) is 1.85. The van der Waals surface area contributed by atoms with Crippen LogP contribution in [0.4, 0.5) is 0 Å². The van der Waals surface area contributed by atoms with Crippen LogP contribution in [0.15, 0.2) is 24.3 Å². The van der Waals surface area contributed by atoms with Gasteiger partial charge in [-0.2, -0.15) is 17.7 Å². The second-order valence-electron chi connectivity index (χ2n) is 2.13. The van der Waals surface area contributed by atoms with E-state index < -0.39 is 0 Å². The molecular formula is C9H11O2-. The highest BCUT2D eigenvalue weighted by Gasteiger charge is 1.83. The average molecular weight is 151 g/mol. The number of ether oxygens (including phenoxy) is 2. The SMILES string of the molecule is CO[CH-]c1ccc(OC)cc1. The number of hydrogen-bond acceptors (Lipinski definition) is 2. The molecule has 0 aromatic heterocycles. The third-order valence-corrected chi connectivity index (χ3v) is 1.37. The zero-order valence-electron chi connectivity index (χ0n) is 6.70. The van der Waals surface area contributed by atoms with Crippen LogP contribution < -0.4 is 4.74 Å². The van der Waals surface area contributed by atoms with Crippen LogP contribution >= 0.6 is 0 Å². The van der Waals surface area contributed by atoms with E-state index in [0.717, 1.165) is 11.3 Å². The van der Waals surface area contributed by atoms with Gasteiger partial charge in [-0.1, -0.05) is 18.7 Å². The Morgan fingerprint density at radius 1 is 1.09 bits per heavy atom. The highest BCUT2D eigenvalue weighted by molar-refractivity contribution is 5.29. The fourth-order valence-electron chi connectivity index (χ4n) is 0.819. The van der Waals surface area contributed by atoms with Crippen LogP contribution in [-0.4, -0.2) is 14.2 Å². The molecule has 0 heterocycles. The summed E-state index contributed by atoms with van der Waals surface area (Å²) >= 11 is 0. The summed E-state index contributed by atoms with van der Waals surface area (Å²) in [6.07, 6.45) is 0. The second kappa shape index (κ2) is 3.88. The molecule has 2 heteroatoms. The van der Waals surface area contributed by atoms with Gasteiger partial charge in [-0.25, -0.2) is 0 Å². The molecule has 1 aromatic rings.